The lowest BCUT2D eigenvalue weighted by atomic mass is 10.0. The van der Waals surface area contributed by atoms with Gasteiger partial charge >= 0.3 is 0 Å². The van der Waals surface area contributed by atoms with Gasteiger partial charge in [0.1, 0.15) is 5.75 Å². The predicted octanol–water partition coefficient (Wildman–Crippen LogP) is 3.59. The first-order chi connectivity index (χ1) is 10.3. The molecule has 1 aromatic carbocycles. The Labute approximate surface area is 130 Å². The summed E-state index contributed by atoms with van der Waals surface area (Å²) in [5, 5.41) is 7.85. The minimum absolute atomic E-state index is 0.139. The van der Waals surface area contributed by atoms with E-state index >= 15 is 0 Å². The minimum Gasteiger partial charge on any atom is -0.494 e. The molecule has 2 aromatic rings. The van der Waals surface area contributed by atoms with Crippen molar-refractivity contribution in [2.45, 2.75) is 39.7 Å². The summed E-state index contributed by atoms with van der Waals surface area (Å²) in [5.41, 5.74) is 2.28. The molecule has 0 aliphatic heterocycles. The van der Waals surface area contributed by atoms with Crippen LogP contribution in [0.25, 0.3) is 0 Å². The van der Waals surface area contributed by atoms with Gasteiger partial charge in [-0.15, -0.1) is 5.10 Å². The first-order valence-corrected chi connectivity index (χ1v) is 8.34. The van der Waals surface area contributed by atoms with Gasteiger partial charge in [-0.2, -0.15) is 0 Å². The largest absolute Gasteiger partial charge is 0.494 e. The van der Waals surface area contributed by atoms with Gasteiger partial charge in [0.15, 0.2) is 0 Å². The molecule has 1 atom stereocenters. The second-order valence-electron chi connectivity index (χ2n) is 4.83. The van der Waals surface area contributed by atoms with Crippen LogP contribution in [0.3, 0.4) is 0 Å². The second-order valence-corrected chi connectivity index (χ2v) is 5.62. The number of nitrogens with zero attached hydrogens (tertiary/aromatic N) is 2. The van der Waals surface area contributed by atoms with Gasteiger partial charge < -0.3 is 10.1 Å². The zero-order valence-electron chi connectivity index (χ0n) is 12.9. The summed E-state index contributed by atoms with van der Waals surface area (Å²) < 4.78 is 9.75. The van der Waals surface area contributed by atoms with E-state index in [4.69, 9.17) is 4.74 Å². The molecule has 0 aliphatic rings. The Hall–Kier alpha value is -1.46. The predicted molar refractivity (Wildman–Crippen MR) is 87.0 cm³/mol. The molecular weight excluding hydrogens is 282 g/mol. The summed E-state index contributed by atoms with van der Waals surface area (Å²) in [7, 11) is 0. The van der Waals surface area contributed by atoms with Crippen LogP contribution >= 0.6 is 11.5 Å². The SMILES string of the molecule is CCCNC(c1cccc(OCC)c1)c1snnc1CC. The number of aryl methyl sites for hydroxylation is 1. The fourth-order valence-corrected chi connectivity index (χ4v) is 3.12. The quantitative estimate of drug-likeness (QED) is 0.809. The molecule has 21 heavy (non-hydrogen) atoms. The van der Waals surface area contributed by atoms with Gasteiger partial charge in [0, 0.05) is 0 Å². The molecule has 0 amide bonds. The van der Waals surface area contributed by atoms with Crippen LogP contribution in [0.2, 0.25) is 0 Å². The van der Waals surface area contributed by atoms with Crippen molar-refractivity contribution in [1.82, 2.24) is 14.9 Å². The first-order valence-electron chi connectivity index (χ1n) is 7.57. The highest BCUT2D eigenvalue weighted by Crippen LogP contribution is 2.29. The van der Waals surface area contributed by atoms with E-state index in [0.29, 0.717) is 6.61 Å². The van der Waals surface area contributed by atoms with Gasteiger partial charge in [-0.25, -0.2) is 0 Å². The van der Waals surface area contributed by atoms with E-state index in [1.54, 1.807) is 0 Å². The highest BCUT2D eigenvalue weighted by Gasteiger charge is 2.20. The third-order valence-electron chi connectivity index (χ3n) is 3.28. The van der Waals surface area contributed by atoms with Crippen LogP contribution in [0.5, 0.6) is 5.75 Å². The summed E-state index contributed by atoms with van der Waals surface area (Å²) in [5.74, 6) is 0.911. The van der Waals surface area contributed by atoms with Crippen LogP contribution < -0.4 is 10.1 Å². The number of benzene rings is 1. The molecule has 1 N–H and O–H groups in total. The van der Waals surface area contributed by atoms with Gasteiger partial charge in [-0.3, -0.25) is 0 Å². The normalized spacial score (nSPS) is 12.3. The third-order valence-corrected chi connectivity index (χ3v) is 4.11. The second kappa shape index (κ2) is 8.10. The molecule has 0 spiro atoms. The summed E-state index contributed by atoms with van der Waals surface area (Å²) in [6.45, 7) is 7.94. The zero-order valence-corrected chi connectivity index (χ0v) is 13.7. The Kier molecular flexibility index (Phi) is 6.14. The molecule has 1 aromatic heterocycles. The topological polar surface area (TPSA) is 47.0 Å². The molecule has 1 heterocycles. The molecule has 0 saturated carbocycles. The molecule has 114 valence electrons. The molecule has 4 nitrogen and oxygen atoms in total. The molecule has 5 heteroatoms. The maximum atomic E-state index is 5.62. The molecule has 1 unspecified atom stereocenters. The van der Waals surface area contributed by atoms with Gasteiger partial charge in [0.2, 0.25) is 0 Å². The van der Waals surface area contributed by atoms with E-state index < -0.39 is 0 Å². The molecule has 0 saturated heterocycles. The Morgan fingerprint density at radius 3 is 2.86 bits per heavy atom. The maximum absolute atomic E-state index is 5.62. The third kappa shape index (κ3) is 4.02. The van der Waals surface area contributed by atoms with Gasteiger partial charge in [0.25, 0.3) is 0 Å². The summed E-state index contributed by atoms with van der Waals surface area (Å²) in [6.07, 6.45) is 2.00. The standard InChI is InChI=1S/C16H23N3OS/c1-4-10-17-15(16-14(5-2)18-19-21-16)12-8-7-9-13(11-12)20-6-3/h7-9,11,15,17H,4-6,10H2,1-3H3. The zero-order chi connectivity index (χ0) is 15.1. The van der Waals surface area contributed by atoms with Crippen LogP contribution in [-0.2, 0) is 6.42 Å². The van der Waals surface area contributed by atoms with E-state index in [-0.39, 0.29) is 6.04 Å². The van der Waals surface area contributed by atoms with Crippen LogP contribution in [0.1, 0.15) is 49.4 Å². The van der Waals surface area contributed by atoms with E-state index in [2.05, 4.69) is 40.9 Å². The fourth-order valence-electron chi connectivity index (χ4n) is 2.28. The first kappa shape index (κ1) is 15.9. The van der Waals surface area contributed by atoms with Crippen molar-refractivity contribution in [3.8, 4) is 5.75 Å². The van der Waals surface area contributed by atoms with E-state index in [0.717, 1.165) is 30.8 Å². The monoisotopic (exact) mass is 305 g/mol. The Morgan fingerprint density at radius 2 is 2.14 bits per heavy atom. The van der Waals surface area contributed by atoms with Crippen molar-refractivity contribution >= 4 is 11.5 Å². The van der Waals surface area contributed by atoms with Crippen LogP contribution in [-0.4, -0.2) is 22.7 Å². The average Bonchev–Trinajstić information content (AvgIpc) is 2.97. The number of hydrogen-bond acceptors (Lipinski definition) is 5. The lowest BCUT2D eigenvalue weighted by Gasteiger charge is -2.19. The van der Waals surface area contributed by atoms with Gasteiger partial charge in [0.05, 0.1) is 23.2 Å². The maximum Gasteiger partial charge on any atom is 0.119 e. The van der Waals surface area contributed by atoms with Crippen molar-refractivity contribution < 1.29 is 4.74 Å². The van der Waals surface area contributed by atoms with Crippen molar-refractivity contribution in [3.05, 3.63) is 40.4 Å². The Morgan fingerprint density at radius 1 is 1.29 bits per heavy atom. The van der Waals surface area contributed by atoms with Crippen LogP contribution in [0.4, 0.5) is 0 Å². The molecule has 0 radical (unpaired) electrons. The summed E-state index contributed by atoms with van der Waals surface area (Å²) in [4.78, 5) is 1.21. The highest BCUT2D eigenvalue weighted by atomic mass is 32.1. The van der Waals surface area contributed by atoms with Crippen LogP contribution in [0, 0.1) is 0 Å². The fraction of sp³-hybridized carbons (Fsp3) is 0.500. The number of aromatic nitrogens is 2. The molecule has 0 bridgehead atoms. The van der Waals surface area contributed by atoms with Gasteiger partial charge in [-0.05, 0) is 55.5 Å². The smallest absolute Gasteiger partial charge is 0.119 e. The Bertz CT molecular complexity index is 556. The lowest BCUT2D eigenvalue weighted by Crippen LogP contribution is -2.23. The highest BCUT2D eigenvalue weighted by molar-refractivity contribution is 7.05. The van der Waals surface area contributed by atoms with Crippen LogP contribution in [0.15, 0.2) is 24.3 Å². The van der Waals surface area contributed by atoms with Gasteiger partial charge in [-0.1, -0.05) is 30.5 Å². The number of nitrogens with one attached hydrogen (secondary N) is 1. The lowest BCUT2D eigenvalue weighted by molar-refractivity contribution is 0.339. The summed E-state index contributed by atoms with van der Waals surface area (Å²) >= 11 is 1.48. The van der Waals surface area contributed by atoms with E-state index in [1.807, 2.05) is 19.1 Å². The average molecular weight is 305 g/mol. The van der Waals surface area contributed by atoms with Crippen molar-refractivity contribution in [1.29, 1.82) is 0 Å². The van der Waals surface area contributed by atoms with E-state index in [1.165, 1.54) is 22.0 Å². The number of hydrogen-bond donors (Lipinski definition) is 1. The number of rotatable bonds is 8. The van der Waals surface area contributed by atoms with Crippen molar-refractivity contribution in [2.75, 3.05) is 13.2 Å². The van der Waals surface area contributed by atoms with E-state index in [9.17, 15) is 0 Å². The molecule has 2 rings (SSSR count). The Balaban J connectivity index is 2.33. The molecule has 0 aliphatic carbocycles. The molecular formula is C16H23N3OS. The summed E-state index contributed by atoms with van der Waals surface area (Å²) in [6, 6.07) is 8.42. The van der Waals surface area contributed by atoms with Crippen molar-refractivity contribution in [3.63, 3.8) is 0 Å². The van der Waals surface area contributed by atoms with Crippen molar-refractivity contribution in [2.24, 2.45) is 0 Å². The minimum atomic E-state index is 0.139. The number of ether oxygens (including phenoxy) is 1. The molecule has 0 fully saturated rings.